The highest BCUT2D eigenvalue weighted by molar-refractivity contribution is 5.73. The first-order valence-electron chi connectivity index (χ1n) is 4.45. The molecule has 4 nitrogen and oxygen atoms in total. The minimum atomic E-state index is 0.334. The maximum Gasteiger partial charge on any atom is 0.213 e. The molecule has 4 heteroatoms. The molecule has 0 amide bonds. The Balaban J connectivity index is 1.96. The topological polar surface area (TPSA) is 52.3 Å². The molecule has 76 valence electrons. The molecule has 2 aromatic rings. The zero-order valence-corrected chi connectivity index (χ0v) is 7.92. The molecule has 0 N–H and O–H groups in total. The number of rotatable bonds is 4. The van der Waals surface area contributed by atoms with E-state index < -0.39 is 0 Å². The number of aldehydes is 1. The minimum absolute atomic E-state index is 0.334. The van der Waals surface area contributed by atoms with Crippen LogP contribution in [0.25, 0.3) is 0 Å². The van der Waals surface area contributed by atoms with Gasteiger partial charge < -0.3 is 9.15 Å². The van der Waals surface area contributed by atoms with Crippen LogP contribution in [0.2, 0.25) is 0 Å². The maximum absolute atomic E-state index is 10.4. The standard InChI is InChI=1S/C11H9NO3/c13-7-9-3-4-11(12-6-9)15-8-10-2-1-5-14-10/h1-7H,8H2. The van der Waals surface area contributed by atoms with Crippen molar-refractivity contribution in [2.24, 2.45) is 0 Å². The summed E-state index contributed by atoms with van der Waals surface area (Å²) in [6.45, 7) is 0.334. The number of carbonyl (C=O) groups excluding carboxylic acids is 1. The normalized spacial score (nSPS) is 9.87. The molecule has 0 aliphatic rings. The molecule has 2 rings (SSSR count). The minimum Gasteiger partial charge on any atom is -0.469 e. The molecule has 2 heterocycles. The van der Waals surface area contributed by atoms with Gasteiger partial charge in [0.2, 0.25) is 5.88 Å². The first-order valence-corrected chi connectivity index (χ1v) is 4.45. The number of furan rings is 1. The Labute approximate surface area is 86.5 Å². The zero-order valence-electron chi connectivity index (χ0n) is 7.92. The molecule has 0 unspecified atom stereocenters. The van der Waals surface area contributed by atoms with E-state index in [0.29, 0.717) is 18.1 Å². The number of hydrogen-bond donors (Lipinski definition) is 0. The molecule has 15 heavy (non-hydrogen) atoms. The molecule has 0 radical (unpaired) electrons. The summed E-state index contributed by atoms with van der Waals surface area (Å²) in [6, 6.07) is 6.91. The lowest BCUT2D eigenvalue weighted by molar-refractivity contribution is 0.112. The van der Waals surface area contributed by atoms with Crippen LogP contribution in [-0.2, 0) is 6.61 Å². The number of carbonyl (C=O) groups is 1. The van der Waals surface area contributed by atoms with E-state index in [1.54, 1.807) is 24.5 Å². The van der Waals surface area contributed by atoms with Crippen LogP contribution in [0.4, 0.5) is 0 Å². The molecule has 0 spiro atoms. The summed E-state index contributed by atoms with van der Waals surface area (Å²) >= 11 is 0. The third kappa shape index (κ3) is 2.43. The van der Waals surface area contributed by atoms with E-state index in [2.05, 4.69) is 4.98 Å². The molecular formula is C11H9NO3. The van der Waals surface area contributed by atoms with E-state index >= 15 is 0 Å². The summed E-state index contributed by atoms with van der Waals surface area (Å²) < 4.78 is 10.4. The van der Waals surface area contributed by atoms with Crippen LogP contribution in [0.1, 0.15) is 16.1 Å². The Hall–Kier alpha value is -2.10. The molecule has 0 aromatic carbocycles. The van der Waals surface area contributed by atoms with Crippen LogP contribution >= 0.6 is 0 Å². The zero-order chi connectivity index (χ0) is 10.5. The molecular weight excluding hydrogens is 194 g/mol. The van der Waals surface area contributed by atoms with E-state index in [9.17, 15) is 4.79 Å². The van der Waals surface area contributed by atoms with Gasteiger partial charge in [0.15, 0.2) is 6.29 Å². The van der Waals surface area contributed by atoms with Gasteiger partial charge in [-0.05, 0) is 18.2 Å². The fourth-order valence-electron chi connectivity index (χ4n) is 1.09. The Bertz CT molecular complexity index is 420. The lowest BCUT2D eigenvalue weighted by Gasteiger charge is -2.02. The average Bonchev–Trinajstić information content (AvgIpc) is 2.80. The Morgan fingerprint density at radius 1 is 1.40 bits per heavy atom. The predicted octanol–water partition coefficient (Wildman–Crippen LogP) is 2.07. The van der Waals surface area contributed by atoms with E-state index in [1.165, 1.54) is 6.20 Å². The fraction of sp³-hybridized carbons (Fsp3) is 0.0909. The van der Waals surface area contributed by atoms with Crippen LogP contribution in [0.3, 0.4) is 0 Å². The number of aromatic nitrogens is 1. The van der Waals surface area contributed by atoms with Gasteiger partial charge >= 0.3 is 0 Å². The molecule has 2 aromatic heterocycles. The summed E-state index contributed by atoms with van der Waals surface area (Å²) in [6.07, 6.45) is 3.79. The lowest BCUT2D eigenvalue weighted by atomic mass is 10.3. The van der Waals surface area contributed by atoms with Crippen LogP contribution in [0.5, 0.6) is 5.88 Å². The number of nitrogens with zero attached hydrogens (tertiary/aromatic N) is 1. The van der Waals surface area contributed by atoms with Gasteiger partial charge in [0.05, 0.1) is 6.26 Å². The average molecular weight is 203 g/mol. The second-order valence-corrected chi connectivity index (χ2v) is 2.92. The molecule has 0 aliphatic heterocycles. The van der Waals surface area contributed by atoms with Crippen molar-refractivity contribution in [3.8, 4) is 5.88 Å². The van der Waals surface area contributed by atoms with Gasteiger partial charge in [-0.1, -0.05) is 0 Å². The third-order valence-electron chi connectivity index (χ3n) is 1.84. The summed E-state index contributed by atoms with van der Waals surface area (Å²) in [5, 5.41) is 0. The van der Waals surface area contributed by atoms with Gasteiger partial charge in [-0.2, -0.15) is 0 Å². The van der Waals surface area contributed by atoms with Crippen molar-refractivity contribution in [2.75, 3.05) is 0 Å². The summed E-state index contributed by atoms with van der Waals surface area (Å²) in [4.78, 5) is 14.3. The van der Waals surface area contributed by atoms with Crippen molar-refractivity contribution in [3.05, 3.63) is 48.0 Å². The maximum atomic E-state index is 10.4. The quantitative estimate of drug-likeness (QED) is 0.714. The Morgan fingerprint density at radius 3 is 2.93 bits per heavy atom. The second kappa shape index (κ2) is 4.41. The van der Waals surface area contributed by atoms with Crippen molar-refractivity contribution in [1.29, 1.82) is 0 Å². The fourth-order valence-corrected chi connectivity index (χ4v) is 1.09. The largest absolute Gasteiger partial charge is 0.469 e. The SMILES string of the molecule is O=Cc1ccc(OCc2ccco2)nc1. The number of pyridine rings is 1. The molecule has 0 bridgehead atoms. The Morgan fingerprint density at radius 2 is 2.33 bits per heavy atom. The smallest absolute Gasteiger partial charge is 0.213 e. The molecule has 0 atom stereocenters. The molecule has 0 fully saturated rings. The van der Waals surface area contributed by atoms with Crippen LogP contribution in [0.15, 0.2) is 41.1 Å². The van der Waals surface area contributed by atoms with Crippen LogP contribution in [-0.4, -0.2) is 11.3 Å². The summed E-state index contributed by atoms with van der Waals surface area (Å²) in [5.74, 6) is 1.20. The van der Waals surface area contributed by atoms with Gasteiger partial charge in [-0.25, -0.2) is 4.98 Å². The highest BCUT2D eigenvalue weighted by Crippen LogP contribution is 2.09. The van der Waals surface area contributed by atoms with Crippen LogP contribution in [0, 0.1) is 0 Å². The molecule has 0 saturated carbocycles. The number of hydrogen-bond acceptors (Lipinski definition) is 4. The summed E-state index contributed by atoms with van der Waals surface area (Å²) in [7, 11) is 0. The van der Waals surface area contributed by atoms with Gasteiger partial charge in [0.25, 0.3) is 0 Å². The van der Waals surface area contributed by atoms with E-state index in [4.69, 9.17) is 9.15 Å². The van der Waals surface area contributed by atoms with Gasteiger partial charge in [-0.3, -0.25) is 4.79 Å². The highest BCUT2D eigenvalue weighted by atomic mass is 16.5. The molecule has 0 saturated heterocycles. The highest BCUT2D eigenvalue weighted by Gasteiger charge is 1.99. The number of ether oxygens (including phenoxy) is 1. The van der Waals surface area contributed by atoms with E-state index in [-0.39, 0.29) is 0 Å². The van der Waals surface area contributed by atoms with Crippen LogP contribution < -0.4 is 4.74 Å². The van der Waals surface area contributed by atoms with E-state index in [0.717, 1.165) is 12.0 Å². The summed E-state index contributed by atoms with van der Waals surface area (Å²) in [5.41, 5.74) is 0.528. The van der Waals surface area contributed by atoms with Gasteiger partial charge in [-0.15, -0.1) is 0 Å². The van der Waals surface area contributed by atoms with Crippen molar-refractivity contribution < 1.29 is 13.9 Å². The first-order chi connectivity index (χ1) is 7.38. The third-order valence-corrected chi connectivity index (χ3v) is 1.84. The van der Waals surface area contributed by atoms with Crippen molar-refractivity contribution >= 4 is 6.29 Å². The Kier molecular flexibility index (Phi) is 2.78. The lowest BCUT2D eigenvalue weighted by Crippen LogP contribution is -1.96. The molecule has 0 aliphatic carbocycles. The first kappa shape index (κ1) is 9.45. The van der Waals surface area contributed by atoms with Crippen molar-refractivity contribution in [1.82, 2.24) is 4.98 Å². The van der Waals surface area contributed by atoms with Crippen molar-refractivity contribution in [2.45, 2.75) is 6.61 Å². The second-order valence-electron chi connectivity index (χ2n) is 2.92. The van der Waals surface area contributed by atoms with E-state index in [1.807, 2.05) is 6.07 Å². The van der Waals surface area contributed by atoms with Gasteiger partial charge in [0, 0.05) is 17.8 Å². The van der Waals surface area contributed by atoms with Gasteiger partial charge in [0.1, 0.15) is 12.4 Å². The predicted molar refractivity (Wildman–Crippen MR) is 52.7 cm³/mol. The monoisotopic (exact) mass is 203 g/mol. The van der Waals surface area contributed by atoms with Crippen molar-refractivity contribution in [3.63, 3.8) is 0 Å².